The summed E-state index contributed by atoms with van der Waals surface area (Å²) in [5.41, 5.74) is 2.02. The Morgan fingerprint density at radius 3 is 2.64 bits per heavy atom. The van der Waals surface area contributed by atoms with Crippen LogP contribution in [0.25, 0.3) is 0 Å². The van der Waals surface area contributed by atoms with Crippen LogP contribution in [0, 0.1) is 6.92 Å². The van der Waals surface area contributed by atoms with E-state index in [0.717, 1.165) is 11.3 Å². The van der Waals surface area contributed by atoms with Gasteiger partial charge in [-0.25, -0.2) is 0 Å². The lowest BCUT2D eigenvalue weighted by molar-refractivity contribution is -0.118. The van der Waals surface area contributed by atoms with Crippen LogP contribution in [0.5, 0.6) is 0 Å². The van der Waals surface area contributed by atoms with Gasteiger partial charge in [-0.1, -0.05) is 29.3 Å². The standard InChI is InChI=1S/C16H15ClN2O2S/c1-10-2-4-11(5-3-10)19-9-8-12(16(19)21)18-15(20)13-6-7-14(17)22-13/h2-7,12H,8-9H2,1H3,(H,18,20). The Morgan fingerprint density at radius 1 is 1.27 bits per heavy atom. The minimum Gasteiger partial charge on any atom is -0.339 e. The summed E-state index contributed by atoms with van der Waals surface area (Å²) in [6, 6.07) is 10.7. The van der Waals surface area contributed by atoms with Crippen molar-refractivity contribution in [2.24, 2.45) is 0 Å². The molecule has 1 aliphatic heterocycles. The highest BCUT2D eigenvalue weighted by Crippen LogP contribution is 2.24. The van der Waals surface area contributed by atoms with Gasteiger partial charge in [-0.3, -0.25) is 9.59 Å². The fourth-order valence-electron chi connectivity index (χ4n) is 2.46. The van der Waals surface area contributed by atoms with Gasteiger partial charge >= 0.3 is 0 Å². The lowest BCUT2D eigenvalue weighted by Crippen LogP contribution is -2.41. The van der Waals surface area contributed by atoms with Crippen LogP contribution in [0.15, 0.2) is 36.4 Å². The summed E-state index contributed by atoms with van der Waals surface area (Å²) in [5.74, 6) is -0.319. The smallest absolute Gasteiger partial charge is 0.262 e. The summed E-state index contributed by atoms with van der Waals surface area (Å²) in [6.45, 7) is 2.61. The van der Waals surface area contributed by atoms with Gasteiger partial charge in [-0.05, 0) is 37.6 Å². The van der Waals surface area contributed by atoms with Gasteiger partial charge in [0.15, 0.2) is 0 Å². The number of rotatable bonds is 3. The largest absolute Gasteiger partial charge is 0.339 e. The Morgan fingerprint density at radius 2 is 2.00 bits per heavy atom. The quantitative estimate of drug-likeness (QED) is 0.936. The highest BCUT2D eigenvalue weighted by molar-refractivity contribution is 7.18. The molecule has 2 amide bonds. The molecule has 1 saturated heterocycles. The van der Waals surface area contributed by atoms with Crippen LogP contribution in [-0.2, 0) is 4.79 Å². The first-order chi connectivity index (χ1) is 10.5. The lowest BCUT2D eigenvalue weighted by Gasteiger charge is -2.17. The first-order valence-corrected chi connectivity index (χ1v) is 8.18. The van der Waals surface area contributed by atoms with E-state index in [2.05, 4.69) is 5.32 Å². The number of hydrogen-bond acceptors (Lipinski definition) is 3. The van der Waals surface area contributed by atoms with Crippen LogP contribution in [0.1, 0.15) is 21.7 Å². The minimum atomic E-state index is -0.477. The predicted octanol–water partition coefficient (Wildman–Crippen LogP) is 3.25. The molecule has 0 saturated carbocycles. The van der Waals surface area contributed by atoms with E-state index >= 15 is 0 Å². The molecule has 4 nitrogen and oxygen atoms in total. The molecule has 0 aliphatic carbocycles. The summed E-state index contributed by atoms with van der Waals surface area (Å²) >= 11 is 7.04. The van der Waals surface area contributed by atoms with Gasteiger partial charge in [0.2, 0.25) is 5.91 Å². The molecule has 1 aliphatic rings. The molecule has 0 spiro atoms. The number of nitrogens with zero attached hydrogens (tertiary/aromatic N) is 1. The van der Waals surface area contributed by atoms with Crippen molar-refractivity contribution in [1.82, 2.24) is 5.32 Å². The maximum absolute atomic E-state index is 12.5. The van der Waals surface area contributed by atoms with Crippen molar-refractivity contribution >= 4 is 40.4 Å². The van der Waals surface area contributed by atoms with Gasteiger partial charge in [0, 0.05) is 12.2 Å². The van der Waals surface area contributed by atoms with Gasteiger partial charge in [0.1, 0.15) is 6.04 Å². The topological polar surface area (TPSA) is 49.4 Å². The van der Waals surface area contributed by atoms with Crippen molar-refractivity contribution in [2.45, 2.75) is 19.4 Å². The predicted molar refractivity (Wildman–Crippen MR) is 88.7 cm³/mol. The molecule has 1 fully saturated rings. The maximum atomic E-state index is 12.5. The average molecular weight is 335 g/mol. The molecular weight excluding hydrogens is 320 g/mol. The monoisotopic (exact) mass is 334 g/mol. The Balaban J connectivity index is 1.68. The van der Waals surface area contributed by atoms with Gasteiger partial charge in [-0.15, -0.1) is 11.3 Å². The molecule has 114 valence electrons. The van der Waals surface area contributed by atoms with E-state index < -0.39 is 6.04 Å². The van der Waals surface area contributed by atoms with Crippen molar-refractivity contribution in [3.63, 3.8) is 0 Å². The van der Waals surface area contributed by atoms with Crippen molar-refractivity contribution < 1.29 is 9.59 Å². The third-order valence-corrected chi connectivity index (χ3v) is 4.88. The fourth-order valence-corrected chi connectivity index (χ4v) is 3.41. The number of aryl methyl sites for hydroxylation is 1. The van der Waals surface area contributed by atoms with Crippen LogP contribution < -0.4 is 10.2 Å². The number of benzene rings is 1. The Kier molecular flexibility index (Phi) is 4.18. The summed E-state index contributed by atoms with van der Waals surface area (Å²) in [6.07, 6.45) is 0.609. The highest BCUT2D eigenvalue weighted by atomic mass is 35.5. The fraction of sp³-hybridized carbons (Fsp3) is 0.250. The van der Waals surface area contributed by atoms with Crippen molar-refractivity contribution in [3.05, 3.63) is 51.2 Å². The van der Waals surface area contributed by atoms with E-state index in [9.17, 15) is 9.59 Å². The molecule has 0 radical (unpaired) electrons. The van der Waals surface area contributed by atoms with Crippen LogP contribution >= 0.6 is 22.9 Å². The molecule has 1 N–H and O–H groups in total. The number of hydrogen-bond donors (Lipinski definition) is 1. The van der Waals surface area contributed by atoms with Gasteiger partial charge < -0.3 is 10.2 Å². The van der Waals surface area contributed by atoms with Crippen molar-refractivity contribution in [2.75, 3.05) is 11.4 Å². The Bertz CT molecular complexity index is 711. The number of halogens is 1. The number of anilines is 1. The number of thiophene rings is 1. The number of carbonyl (C=O) groups is 2. The van der Waals surface area contributed by atoms with E-state index in [4.69, 9.17) is 11.6 Å². The highest BCUT2D eigenvalue weighted by Gasteiger charge is 2.33. The molecule has 3 rings (SSSR count). The molecule has 1 aromatic carbocycles. The van der Waals surface area contributed by atoms with Crippen molar-refractivity contribution in [3.8, 4) is 0 Å². The lowest BCUT2D eigenvalue weighted by atomic mass is 10.2. The molecule has 2 heterocycles. The molecular formula is C16H15ClN2O2S. The molecule has 6 heteroatoms. The Hall–Kier alpha value is -1.85. The van der Waals surface area contributed by atoms with Gasteiger partial charge in [0.05, 0.1) is 9.21 Å². The minimum absolute atomic E-state index is 0.0696. The zero-order chi connectivity index (χ0) is 15.7. The van der Waals surface area contributed by atoms with Crippen LogP contribution in [-0.4, -0.2) is 24.4 Å². The first kappa shape index (κ1) is 15.1. The van der Waals surface area contributed by atoms with Gasteiger partial charge in [0.25, 0.3) is 5.91 Å². The average Bonchev–Trinajstić information content (AvgIpc) is 3.08. The normalized spacial score (nSPS) is 17.8. The van der Waals surface area contributed by atoms with E-state index in [-0.39, 0.29) is 11.8 Å². The van der Waals surface area contributed by atoms with Crippen molar-refractivity contribution in [1.29, 1.82) is 0 Å². The molecule has 1 atom stereocenters. The second-order valence-corrected chi connectivity index (χ2v) is 6.96. The second kappa shape index (κ2) is 6.10. The SMILES string of the molecule is Cc1ccc(N2CCC(NC(=O)c3ccc(Cl)s3)C2=O)cc1. The van der Waals surface area contributed by atoms with E-state index in [0.29, 0.717) is 22.2 Å². The maximum Gasteiger partial charge on any atom is 0.262 e. The van der Waals surface area contributed by atoms with Crippen LogP contribution in [0.2, 0.25) is 4.34 Å². The molecule has 2 aromatic rings. The van der Waals surface area contributed by atoms with E-state index in [1.165, 1.54) is 11.3 Å². The summed E-state index contributed by atoms with van der Waals surface area (Å²) in [5, 5.41) is 2.79. The van der Waals surface area contributed by atoms with E-state index in [1.807, 2.05) is 31.2 Å². The van der Waals surface area contributed by atoms with Crippen LogP contribution in [0.3, 0.4) is 0 Å². The second-order valence-electron chi connectivity index (χ2n) is 5.24. The van der Waals surface area contributed by atoms with E-state index in [1.54, 1.807) is 17.0 Å². The first-order valence-electron chi connectivity index (χ1n) is 6.99. The third-order valence-electron chi connectivity index (χ3n) is 3.65. The molecule has 1 unspecified atom stereocenters. The van der Waals surface area contributed by atoms with Crippen LogP contribution in [0.4, 0.5) is 5.69 Å². The zero-order valence-electron chi connectivity index (χ0n) is 12.0. The third kappa shape index (κ3) is 3.00. The molecule has 22 heavy (non-hydrogen) atoms. The molecule has 1 aromatic heterocycles. The molecule has 0 bridgehead atoms. The summed E-state index contributed by atoms with van der Waals surface area (Å²) in [7, 11) is 0. The number of carbonyl (C=O) groups excluding carboxylic acids is 2. The number of amides is 2. The van der Waals surface area contributed by atoms with Gasteiger partial charge in [-0.2, -0.15) is 0 Å². The zero-order valence-corrected chi connectivity index (χ0v) is 13.6. The Labute approximate surface area is 137 Å². The number of nitrogens with one attached hydrogen (secondary N) is 1. The summed E-state index contributed by atoms with van der Waals surface area (Å²) in [4.78, 5) is 26.8. The summed E-state index contributed by atoms with van der Waals surface area (Å²) < 4.78 is 0.559.